The maximum Gasteiger partial charge on any atom is 0.307 e. The summed E-state index contributed by atoms with van der Waals surface area (Å²) in [6.07, 6.45) is 1.50. The van der Waals surface area contributed by atoms with Crippen LogP contribution in [-0.2, 0) is 17.6 Å². The highest BCUT2D eigenvalue weighted by molar-refractivity contribution is 9.11. The summed E-state index contributed by atoms with van der Waals surface area (Å²) in [5.41, 5.74) is 1.91. The molecule has 3 aromatic rings. The lowest BCUT2D eigenvalue weighted by molar-refractivity contribution is -0.136. The molecule has 0 spiro atoms. The van der Waals surface area contributed by atoms with Gasteiger partial charge in [-0.25, -0.2) is 0 Å². The fourth-order valence-electron chi connectivity index (χ4n) is 3.10. The van der Waals surface area contributed by atoms with E-state index in [9.17, 15) is 14.7 Å². The average molecular weight is 563 g/mol. The molecule has 0 heterocycles. The third-order valence-electron chi connectivity index (χ3n) is 4.62. The van der Waals surface area contributed by atoms with E-state index >= 15 is 0 Å². The number of hydrogen-bond acceptors (Lipinski definition) is 4. The molecule has 0 aliphatic rings. The van der Waals surface area contributed by atoms with Gasteiger partial charge in [0.2, 0.25) is 0 Å². The highest BCUT2D eigenvalue weighted by atomic mass is 79.9. The van der Waals surface area contributed by atoms with Crippen LogP contribution < -0.4 is 10.1 Å². The molecule has 0 aliphatic carbocycles. The fourth-order valence-corrected chi connectivity index (χ4v) is 4.54. The predicted molar refractivity (Wildman–Crippen MR) is 128 cm³/mol. The first-order valence-electron chi connectivity index (χ1n) is 9.86. The number of phenols is 1. The Labute approximate surface area is 202 Å². The van der Waals surface area contributed by atoms with Gasteiger partial charge in [-0.05, 0) is 86.2 Å². The van der Waals surface area contributed by atoms with Crippen molar-refractivity contribution in [1.29, 1.82) is 0 Å². The highest BCUT2D eigenvalue weighted by Crippen LogP contribution is 2.38. The zero-order valence-electron chi connectivity index (χ0n) is 17.0. The summed E-state index contributed by atoms with van der Waals surface area (Å²) in [7, 11) is 0. The molecule has 1 amide bonds. The van der Waals surface area contributed by atoms with Crippen molar-refractivity contribution in [3.63, 3.8) is 0 Å². The number of amides is 1. The molecule has 0 saturated heterocycles. The summed E-state index contributed by atoms with van der Waals surface area (Å²) < 4.78 is 7.01. The number of rotatable bonds is 9. The van der Waals surface area contributed by atoms with Gasteiger partial charge in [-0.2, -0.15) is 0 Å². The van der Waals surface area contributed by atoms with Crippen LogP contribution in [0.15, 0.2) is 69.6 Å². The maximum atomic E-state index is 12.6. The molecule has 3 aromatic carbocycles. The van der Waals surface area contributed by atoms with Crippen LogP contribution in [-0.4, -0.2) is 28.6 Å². The number of aromatic hydroxyl groups is 1. The zero-order chi connectivity index (χ0) is 23.1. The number of benzene rings is 3. The van der Waals surface area contributed by atoms with Gasteiger partial charge in [0, 0.05) is 6.54 Å². The van der Waals surface area contributed by atoms with Gasteiger partial charge in [0.1, 0.15) is 11.5 Å². The lowest BCUT2D eigenvalue weighted by atomic mass is 10.1. The number of carboxylic acids is 1. The van der Waals surface area contributed by atoms with Crippen molar-refractivity contribution < 1.29 is 24.5 Å². The molecule has 0 bridgehead atoms. The Balaban J connectivity index is 1.66. The van der Waals surface area contributed by atoms with E-state index in [1.165, 1.54) is 17.7 Å². The molecule has 3 N–H and O–H groups in total. The molecule has 166 valence electrons. The van der Waals surface area contributed by atoms with E-state index < -0.39 is 11.9 Å². The fraction of sp³-hybridized carbons (Fsp3) is 0.167. The molecule has 0 fully saturated rings. The van der Waals surface area contributed by atoms with Crippen molar-refractivity contribution >= 4 is 43.7 Å². The van der Waals surface area contributed by atoms with Crippen LogP contribution in [0, 0.1) is 0 Å². The summed E-state index contributed by atoms with van der Waals surface area (Å²) in [5.74, 6) is -0.692. The Morgan fingerprint density at radius 3 is 2.28 bits per heavy atom. The van der Waals surface area contributed by atoms with Crippen LogP contribution in [0.3, 0.4) is 0 Å². The van der Waals surface area contributed by atoms with Crippen molar-refractivity contribution in [3.05, 3.63) is 86.3 Å². The number of aryl methyl sites for hydroxylation is 1. The van der Waals surface area contributed by atoms with Crippen molar-refractivity contribution in [2.75, 3.05) is 6.54 Å². The summed E-state index contributed by atoms with van der Waals surface area (Å²) in [6, 6.07) is 17.7. The molecular weight excluding hydrogens is 542 g/mol. The van der Waals surface area contributed by atoms with Gasteiger partial charge in [-0.15, -0.1) is 0 Å². The molecule has 0 unspecified atom stereocenters. The summed E-state index contributed by atoms with van der Waals surface area (Å²) in [5, 5.41) is 21.9. The third kappa shape index (κ3) is 6.58. The molecule has 6 nitrogen and oxygen atoms in total. The Kier molecular flexibility index (Phi) is 8.30. The van der Waals surface area contributed by atoms with Gasteiger partial charge in [-0.1, -0.05) is 30.3 Å². The SMILES string of the molecule is O=C(O)Cc1cc(Br)c(Oc2ccc(O)c(C(=O)NCCCc3ccccc3)c2)c(Br)c1. The normalized spacial score (nSPS) is 10.6. The second kappa shape index (κ2) is 11.2. The molecule has 3 rings (SSSR count). The van der Waals surface area contributed by atoms with Gasteiger partial charge in [0.25, 0.3) is 5.91 Å². The van der Waals surface area contributed by atoms with Crippen molar-refractivity contribution in [2.24, 2.45) is 0 Å². The van der Waals surface area contributed by atoms with Crippen LogP contribution in [0.1, 0.15) is 27.9 Å². The number of ether oxygens (including phenoxy) is 1. The van der Waals surface area contributed by atoms with E-state index in [0.29, 0.717) is 32.6 Å². The molecule has 0 aliphatic heterocycles. The lowest BCUT2D eigenvalue weighted by Gasteiger charge is -2.13. The lowest BCUT2D eigenvalue weighted by Crippen LogP contribution is -2.24. The molecule has 0 radical (unpaired) electrons. The van der Waals surface area contributed by atoms with Gasteiger partial charge < -0.3 is 20.3 Å². The van der Waals surface area contributed by atoms with E-state index in [1.807, 2.05) is 30.3 Å². The minimum atomic E-state index is -0.935. The number of nitrogens with one attached hydrogen (secondary N) is 1. The van der Waals surface area contributed by atoms with Crippen LogP contribution in [0.5, 0.6) is 17.2 Å². The first-order valence-corrected chi connectivity index (χ1v) is 11.4. The van der Waals surface area contributed by atoms with E-state index in [1.54, 1.807) is 18.2 Å². The molecule has 0 saturated carbocycles. The van der Waals surface area contributed by atoms with Crippen LogP contribution >= 0.6 is 31.9 Å². The predicted octanol–water partition coefficient (Wildman–Crippen LogP) is 5.70. The van der Waals surface area contributed by atoms with Crippen molar-refractivity contribution in [3.8, 4) is 17.2 Å². The Morgan fingerprint density at radius 1 is 0.938 bits per heavy atom. The smallest absolute Gasteiger partial charge is 0.307 e. The maximum absolute atomic E-state index is 12.6. The number of aliphatic carboxylic acids is 1. The van der Waals surface area contributed by atoms with Gasteiger partial charge in [0.15, 0.2) is 5.75 Å². The van der Waals surface area contributed by atoms with Crippen molar-refractivity contribution in [2.45, 2.75) is 19.3 Å². The Morgan fingerprint density at radius 2 is 1.62 bits per heavy atom. The molecule has 0 aromatic heterocycles. The minimum Gasteiger partial charge on any atom is -0.507 e. The van der Waals surface area contributed by atoms with Gasteiger partial charge in [0.05, 0.1) is 20.9 Å². The summed E-state index contributed by atoms with van der Waals surface area (Å²) in [4.78, 5) is 23.5. The first kappa shape index (κ1) is 23.8. The van der Waals surface area contributed by atoms with E-state index in [2.05, 4.69) is 37.2 Å². The van der Waals surface area contributed by atoms with Crippen LogP contribution in [0.25, 0.3) is 0 Å². The number of carbonyl (C=O) groups is 2. The van der Waals surface area contributed by atoms with Crippen LogP contribution in [0.4, 0.5) is 0 Å². The number of halogens is 2. The largest absolute Gasteiger partial charge is 0.507 e. The first-order chi connectivity index (χ1) is 15.3. The van der Waals surface area contributed by atoms with E-state index in [0.717, 1.165) is 12.8 Å². The van der Waals surface area contributed by atoms with E-state index in [-0.39, 0.29) is 17.7 Å². The number of phenolic OH excluding ortho intramolecular Hbond substituents is 1. The monoisotopic (exact) mass is 561 g/mol. The molecular formula is C24H21Br2NO5. The van der Waals surface area contributed by atoms with E-state index in [4.69, 9.17) is 9.84 Å². The molecule has 0 atom stereocenters. The highest BCUT2D eigenvalue weighted by Gasteiger charge is 2.16. The number of hydrogen-bond donors (Lipinski definition) is 3. The van der Waals surface area contributed by atoms with Gasteiger partial charge >= 0.3 is 5.97 Å². The zero-order valence-corrected chi connectivity index (χ0v) is 20.1. The number of carboxylic acid groups (broad SMARTS) is 1. The quantitative estimate of drug-likeness (QED) is 0.291. The van der Waals surface area contributed by atoms with Crippen molar-refractivity contribution in [1.82, 2.24) is 5.32 Å². The molecule has 32 heavy (non-hydrogen) atoms. The summed E-state index contributed by atoms with van der Waals surface area (Å²) in [6.45, 7) is 0.473. The Bertz CT molecular complexity index is 1100. The second-order valence-electron chi connectivity index (χ2n) is 7.09. The third-order valence-corrected chi connectivity index (χ3v) is 5.79. The topological polar surface area (TPSA) is 95.9 Å². The van der Waals surface area contributed by atoms with Gasteiger partial charge in [-0.3, -0.25) is 9.59 Å². The average Bonchev–Trinajstić information content (AvgIpc) is 2.75. The second-order valence-corrected chi connectivity index (χ2v) is 8.79. The standard InChI is InChI=1S/C24H21Br2NO5/c25-19-11-16(13-22(29)30)12-20(26)23(19)32-17-8-9-21(28)18(14-17)24(31)27-10-4-7-15-5-2-1-3-6-15/h1-3,5-6,8-9,11-12,14,28H,4,7,10,13H2,(H,27,31)(H,29,30). The molecule has 8 heteroatoms. The minimum absolute atomic E-state index is 0.108. The summed E-state index contributed by atoms with van der Waals surface area (Å²) >= 11 is 6.78. The Hall–Kier alpha value is -2.84. The van der Waals surface area contributed by atoms with Crippen LogP contribution in [0.2, 0.25) is 0 Å². The number of carbonyl (C=O) groups excluding carboxylic acids is 1.